The number of nitrogens with zero attached hydrogens (tertiary/aromatic N) is 1. The molecule has 6 heteroatoms. The third-order valence-corrected chi connectivity index (χ3v) is 4.38. The van der Waals surface area contributed by atoms with Crippen LogP contribution in [0.2, 0.25) is 0 Å². The van der Waals surface area contributed by atoms with Crippen LogP contribution < -0.4 is 4.72 Å². The zero-order valence-electron chi connectivity index (χ0n) is 11.2. The Kier molecular flexibility index (Phi) is 7.01. The number of hydrogen-bond donors (Lipinski definition) is 2. The van der Waals surface area contributed by atoms with Crippen molar-refractivity contribution in [3.05, 3.63) is 35.9 Å². The SMILES string of the molecule is CN(CCCO)S(=O)(=O)NCCCc1ccccc1. The molecule has 1 rings (SSSR count). The summed E-state index contributed by atoms with van der Waals surface area (Å²) in [5.41, 5.74) is 1.20. The minimum absolute atomic E-state index is 0.00608. The Morgan fingerprint density at radius 1 is 1.21 bits per heavy atom. The van der Waals surface area contributed by atoms with Gasteiger partial charge in [0, 0.05) is 26.7 Å². The molecule has 0 heterocycles. The first-order valence-electron chi connectivity index (χ1n) is 6.42. The first-order chi connectivity index (χ1) is 9.06. The molecule has 0 aliphatic heterocycles. The van der Waals surface area contributed by atoms with Gasteiger partial charge in [-0.15, -0.1) is 0 Å². The van der Waals surface area contributed by atoms with Gasteiger partial charge in [-0.1, -0.05) is 30.3 Å². The Hall–Kier alpha value is -0.950. The van der Waals surface area contributed by atoms with Crippen LogP contribution in [-0.4, -0.2) is 44.6 Å². The minimum atomic E-state index is -3.41. The smallest absolute Gasteiger partial charge is 0.279 e. The van der Waals surface area contributed by atoms with E-state index < -0.39 is 10.2 Å². The molecule has 0 bridgehead atoms. The summed E-state index contributed by atoms with van der Waals surface area (Å²) in [5, 5.41) is 8.68. The third-order valence-electron chi connectivity index (χ3n) is 2.81. The standard InChI is InChI=1S/C13H22N2O3S/c1-15(11-6-12-16)19(17,18)14-10-5-9-13-7-3-2-4-8-13/h2-4,7-8,14,16H,5-6,9-12H2,1H3. The Morgan fingerprint density at radius 2 is 1.89 bits per heavy atom. The van der Waals surface area contributed by atoms with Gasteiger partial charge in [0.2, 0.25) is 0 Å². The second-order valence-electron chi connectivity index (χ2n) is 4.39. The van der Waals surface area contributed by atoms with E-state index in [9.17, 15) is 8.42 Å². The number of nitrogens with one attached hydrogen (secondary N) is 1. The molecule has 0 radical (unpaired) electrons. The Balaban J connectivity index is 2.28. The summed E-state index contributed by atoms with van der Waals surface area (Å²) >= 11 is 0. The number of rotatable bonds is 9. The molecular weight excluding hydrogens is 264 g/mol. The Morgan fingerprint density at radius 3 is 2.53 bits per heavy atom. The normalized spacial score (nSPS) is 11.9. The molecule has 1 aromatic rings. The number of benzene rings is 1. The summed E-state index contributed by atoms with van der Waals surface area (Å²) in [4.78, 5) is 0. The Bertz CT molecular complexity index is 448. The molecule has 19 heavy (non-hydrogen) atoms. The van der Waals surface area contributed by atoms with Crippen molar-refractivity contribution in [3.8, 4) is 0 Å². The average molecular weight is 286 g/mol. The largest absolute Gasteiger partial charge is 0.396 e. The van der Waals surface area contributed by atoms with Gasteiger partial charge in [-0.2, -0.15) is 12.7 Å². The highest BCUT2D eigenvalue weighted by Gasteiger charge is 2.15. The van der Waals surface area contributed by atoms with Crippen LogP contribution in [-0.2, 0) is 16.6 Å². The van der Waals surface area contributed by atoms with Crippen LogP contribution in [0.1, 0.15) is 18.4 Å². The van der Waals surface area contributed by atoms with Crippen molar-refractivity contribution in [2.75, 3.05) is 26.7 Å². The lowest BCUT2D eigenvalue weighted by molar-refractivity contribution is 0.275. The summed E-state index contributed by atoms with van der Waals surface area (Å²) < 4.78 is 27.3. The van der Waals surface area contributed by atoms with E-state index >= 15 is 0 Å². The molecular formula is C13H22N2O3S. The molecule has 0 atom stereocenters. The van der Waals surface area contributed by atoms with Crippen molar-refractivity contribution in [1.82, 2.24) is 9.03 Å². The molecule has 0 aliphatic rings. The highest BCUT2D eigenvalue weighted by atomic mass is 32.2. The van der Waals surface area contributed by atoms with Crippen LogP contribution in [0.25, 0.3) is 0 Å². The summed E-state index contributed by atoms with van der Waals surface area (Å²) in [6.07, 6.45) is 2.06. The van der Waals surface area contributed by atoms with Crippen molar-refractivity contribution in [2.45, 2.75) is 19.3 Å². The monoisotopic (exact) mass is 286 g/mol. The van der Waals surface area contributed by atoms with Crippen molar-refractivity contribution in [3.63, 3.8) is 0 Å². The fraction of sp³-hybridized carbons (Fsp3) is 0.538. The van der Waals surface area contributed by atoms with Crippen LogP contribution in [0.15, 0.2) is 30.3 Å². The van der Waals surface area contributed by atoms with Crippen LogP contribution in [0.5, 0.6) is 0 Å². The zero-order chi connectivity index (χ0) is 14.1. The first-order valence-corrected chi connectivity index (χ1v) is 7.86. The highest BCUT2D eigenvalue weighted by molar-refractivity contribution is 7.87. The van der Waals surface area contributed by atoms with Crippen LogP contribution >= 0.6 is 0 Å². The molecule has 0 fully saturated rings. The van der Waals surface area contributed by atoms with Gasteiger partial charge < -0.3 is 5.11 Å². The maximum Gasteiger partial charge on any atom is 0.279 e. The molecule has 0 saturated carbocycles. The van der Waals surface area contributed by atoms with Gasteiger partial charge in [-0.25, -0.2) is 4.72 Å². The molecule has 0 aromatic heterocycles. The second kappa shape index (κ2) is 8.27. The molecule has 2 N–H and O–H groups in total. The summed E-state index contributed by atoms with van der Waals surface area (Å²) in [6, 6.07) is 9.97. The van der Waals surface area contributed by atoms with Gasteiger partial charge in [0.1, 0.15) is 0 Å². The summed E-state index contributed by atoms with van der Waals surface area (Å²) in [5.74, 6) is 0. The predicted molar refractivity (Wildman–Crippen MR) is 76.0 cm³/mol. The lowest BCUT2D eigenvalue weighted by atomic mass is 10.1. The lowest BCUT2D eigenvalue weighted by Crippen LogP contribution is -2.39. The van der Waals surface area contributed by atoms with Crippen LogP contribution in [0.4, 0.5) is 0 Å². The maximum absolute atomic E-state index is 11.8. The number of aryl methyl sites for hydroxylation is 1. The summed E-state index contributed by atoms with van der Waals surface area (Å²) in [6.45, 7) is 0.735. The minimum Gasteiger partial charge on any atom is -0.396 e. The first kappa shape index (κ1) is 16.1. The van der Waals surface area contributed by atoms with Crippen molar-refractivity contribution < 1.29 is 13.5 Å². The average Bonchev–Trinajstić information content (AvgIpc) is 2.42. The highest BCUT2D eigenvalue weighted by Crippen LogP contribution is 2.02. The van der Waals surface area contributed by atoms with E-state index in [1.54, 1.807) is 0 Å². The molecule has 0 unspecified atom stereocenters. The molecule has 0 amide bonds. The zero-order valence-corrected chi connectivity index (χ0v) is 12.1. The van der Waals surface area contributed by atoms with E-state index in [1.807, 2.05) is 30.3 Å². The van der Waals surface area contributed by atoms with Gasteiger partial charge in [0.05, 0.1) is 0 Å². The van der Waals surface area contributed by atoms with E-state index in [4.69, 9.17) is 5.11 Å². The van der Waals surface area contributed by atoms with E-state index in [2.05, 4.69) is 4.72 Å². The van der Waals surface area contributed by atoms with Gasteiger partial charge in [0.25, 0.3) is 10.2 Å². The van der Waals surface area contributed by atoms with Crippen LogP contribution in [0, 0.1) is 0 Å². The maximum atomic E-state index is 11.8. The summed E-state index contributed by atoms with van der Waals surface area (Å²) in [7, 11) is -1.91. The van der Waals surface area contributed by atoms with Crippen molar-refractivity contribution in [1.29, 1.82) is 0 Å². The lowest BCUT2D eigenvalue weighted by Gasteiger charge is -2.17. The van der Waals surface area contributed by atoms with E-state index in [0.717, 1.165) is 12.8 Å². The van der Waals surface area contributed by atoms with Crippen molar-refractivity contribution in [2.24, 2.45) is 0 Å². The number of aliphatic hydroxyl groups excluding tert-OH is 1. The Labute approximate surface area is 115 Å². The molecule has 0 aliphatic carbocycles. The fourth-order valence-electron chi connectivity index (χ4n) is 1.66. The van der Waals surface area contributed by atoms with Crippen molar-refractivity contribution >= 4 is 10.2 Å². The molecule has 0 saturated heterocycles. The van der Waals surface area contributed by atoms with Crippen LogP contribution in [0.3, 0.4) is 0 Å². The quantitative estimate of drug-likeness (QED) is 0.659. The fourth-order valence-corrected chi connectivity index (χ4v) is 2.65. The number of aliphatic hydroxyl groups is 1. The topological polar surface area (TPSA) is 69.6 Å². The van der Waals surface area contributed by atoms with Gasteiger partial charge in [-0.3, -0.25) is 0 Å². The van der Waals surface area contributed by atoms with Gasteiger partial charge >= 0.3 is 0 Å². The van der Waals surface area contributed by atoms with Gasteiger partial charge in [-0.05, 0) is 24.8 Å². The van der Waals surface area contributed by atoms with E-state index in [-0.39, 0.29) is 6.61 Å². The molecule has 108 valence electrons. The van der Waals surface area contributed by atoms with E-state index in [0.29, 0.717) is 19.5 Å². The second-order valence-corrected chi connectivity index (χ2v) is 6.25. The predicted octanol–water partition coefficient (Wildman–Crippen LogP) is 0.768. The molecule has 5 nitrogen and oxygen atoms in total. The number of hydrogen-bond acceptors (Lipinski definition) is 3. The van der Waals surface area contributed by atoms with Gasteiger partial charge in [0.15, 0.2) is 0 Å². The molecule has 0 spiro atoms. The third kappa shape index (κ3) is 6.15. The van der Waals surface area contributed by atoms with E-state index in [1.165, 1.54) is 16.9 Å². The molecule has 1 aromatic carbocycles.